The Morgan fingerprint density at radius 2 is 2.05 bits per heavy atom. The molecule has 0 unspecified atom stereocenters. The highest BCUT2D eigenvalue weighted by Gasteiger charge is 2.17. The third-order valence-electron chi connectivity index (χ3n) is 3.43. The van der Waals surface area contributed by atoms with Crippen molar-refractivity contribution in [2.75, 3.05) is 20.8 Å². The zero-order valence-electron chi connectivity index (χ0n) is 11.5. The van der Waals surface area contributed by atoms with E-state index in [1.54, 1.807) is 25.6 Å². The second kappa shape index (κ2) is 7.03. The Morgan fingerprint density at radius 1 is 1.32 bits per heavy atom. The lowest BCUT2D eigenvalue weighted by molar-refractivity contribution is -0.0974. The molecule has 1 amide bonds. The van der Waals surface area contributed by atoms with Crippen LogP contribution < -0.4 is 5.32 Å². The molecule has 0 atom stereocenters. The Bertz CT molecular complexity index is 403. The van der Waals surface area contributed by atoms with Crippen LogP contribution in [-0.2, 0) is 22.3 Å². The monoisotopic (exact) mass is 283 g/mol. The van der Waals surface area contributed by atoms with E-state index in [0.717, 1.165) is 17.7 Å². The van der Waals surface area contributed by atoms with Crippen LogP contribution in [0.4, 0.5) is 0 Å². The minimum Gasteiger partial charge on any atom is -0.354 e. The topological polar surface area (TPSA) is 47.6 Å². The first-order valence-electron chi connectivity index (χ1n) is 6.70. The second-order valence-electron chi connectivity index (χ2n) is 4.73. The van der Waals surface area contributed by atoms with Gasteiger partial charge in [0.1, 0.15) is 0 Å². The molecule has 4 nitrogen and oxygen atoms in total. The molecule has 1 N–H and O–H groups in total. The average Bonchev–Trinajstić information content (AvgIpc) is 2.71. The summed E-state index contributed by atoms with van der Waals surface area (Å²) < 4.78 is 10.1. The fourth-order valence-corrected chi connectivity index (χ4v) is 3.48. The molecule has 0 spiro atoms. The maximum absolute atomic E-state index is 12.1. The number of hydrogen-bond acceptors (Lipinski definition) is 4. The zero-order valence-corrected chi connectivity index (χ0v) is 12.3. The summed E-state index contributed by atoms with van der Waals surface area (Å²) in [4.78, 5) is 14.3. The average molecular weight is 283 g/mol. The first kappa shape index (κ1) is 14.5. The van der Waals surface area contributed by atoms with Crippen molar-refractivity contribution < 1.29 is 14.3 Å². The highest BCUT2D eigenvalue weighted by molar-refractivity contribution is 7.14. The Hall–Kier alpha value is -0.910. The van der Waals surface area contributed by atoms with Crippen molar-refractivity contribution in [2.24, 2.45) is 0 Å². The highest BCUT2D eigenvalue weighted by Crippen LogP contribution is 2.28. The van der Waals surface area contributed by atoms with Gasteiger partial charge in [0.2, 0.25) is 0 Å². The van der Waals surface area contributed by atoms with Crippen molar-refractivity contribution in [1.29, 1.82) is 0 Å². The molecule has 0 aromatic carbocycles. The minimum atomic E-state index is -0.387. The maximum Gasteiger partial charge on any atom is 0.261 e. The summed E-state index contributed by atoms with van der Waals surface area (Å²) in [7, 11) is 3.13. The van der Waals surface area contributed by atoms with Crippen molar-refractivity contribution in [3.05, 3.63) is 21.4 Å². The third-order valence-corrected chi connectivity index (χ3v) is 4.66. The van der Waals surface area contributed by atoms with Crippen LogP contribution in [0.25, 0.3) is 0 Å². The number of thiophene rings is 1. The summed E-state index contributed by atoms with van der Waals surface area (Å²) in [6, 6.07) is 2.05. The fraction of sp³-hybridized carbons (Fsp3) is 0.643. The molecule has 2 rings (SSSR count). The van der Waals surface area contributed by atoms with Crippen LogP contribution in [0, 0.1) is 0 Å². The van der Waals surface area contributed by atoms with E-state index in [4.69, 9.17) is 9.47 Å². The molecule has 0 radical (unpaired) electrons. The van der Waals surface area contributed by atoms with Gasteiger partial charge in [0, 0.05) is 19.1 Å². The van der Waals surface area contributed by atoms with Crippen LogP contribution in [0.1, 0.15) is 39.4 Å². The SMILES string of the molecule is COC(CNC(=O)c1cc2c(s1)CCCCC2)OC. The fourth-order valence-electron chi connectivity index (χ4n) is 2.31. The van der Waals surface area contributed by atoms with Gasteiger partial charge in [-0.25, -0.2) is 0 Å². The standard InChI is InChI=1S/C14H21NO3S/c1-17-13(18-2)9-15-14(16)12-8-10-6-4-3-5-7-11(10)19-12/h8,13H,3-7,9H2,1-2H3,(H,15,16). The molecule has 0 saturated carbocycles. The van der Waals surface area contributed by atoms with Gasteiger partial charge in [-0.15, -0.1) is 11.3 Å². The number of fused-ring (bicyclic) bond motifs is 1. The molecule has 1 aromatic rings. The van der Waals surface area contributed by atoms with Gasteiger partial charge in [-0.1, -0.05) is 6.42 Å². The second-order valence-corrected chi connectivity index (χ2v) is 5.87. The van der Waals surface area contributed by atoms with Crippen LogP contribution in [0.15, 0.2) is 6.07 Å². The van der Waals surface area contributed by atoms with Crippen LogP contribution in [0.5, 0.6) is 0 Å². The molecule has 1 heterocycles. The first-order valence-corrected chi connectivity index (χ1v) is 7.51. The van der Waals surface area contributed by atoms with Gasteiger partial charge >= 0.3 is 0 Å². The molecule has 0 aliphatic heterocycles. The summed E-state index contributed by atoms with van der Waals surface area (Å²) in [5.41, 5.74) is 1.36. The van der Waals surface area contributed by atoms with Gasteiger partial charge in [0.25, 0.3) is 5.91 Å². The minimum absolute atomic E-state index is 0.0304. The lowest BCUT2D eigenvalue weighted by Crippen LogP contribution is -2.33. The normalized spacial score (nSPS) is 15.1. The molecule has 1 aliphatic carbocycles. The smallest absolute Gasteiger partial charge is 0.261 e. The van der Waals surface area contributed by atoms with Gasteiger partial charge in [-0.3, -0.25) is 4.79 Å². The Balaban J connectivity index is 1.96. The van der Waals surface area contributed by atoms with Gasteiger partial charge in [-0.2, -0.15) is 0 Å². The lowest BCUT2D eigenvalue weighted by Gasteiger charge is -2.13. The third kappa shape index (κ3) is 3.78. The molecular formula is C14H21NO3S. The van der Waals surface area contributed by atoms with Crippen molar-refractivity contribution in [1.82, 2.24) is 5.32 Å². The van der Waals surface area contributed by atoms with Gasteiger partial charge in [-0.05, 0) is 37.3 Å². The lowest BCUT2D eigenvalue weighted by atomic mass is 10.1. The molecule has 1 aliphatic rings. The van der Waals surface area contributed by atoms with Gasteiger partial charge < -0.3 is 14.8 Å². The Kier molecular flexibility index (Phi) is 5.36. The van der Waals surface area contributed by atoms with Crippen LogP contribution >= 0.6 is 11.3 Å². The van der Waals surface area contributed by atoms with E-state index >= 15 is 0 Å². The molecular weight excluding hydrogens is 262 g/mol. The summed E-state index contributed by atoms with van der Waals surface area (Å²) in [5.74, 6) is -0.0304. The van der Waals surface area contributed by atoms with E-state index in [-0.39, 0.29) is 12.2 Å². The predicted molar refractivity (Wildman–Crippen MR) is 75.7 cm³/mol. The van der Waals surface area contributed by atoms with E-state index in [1.165, 1.54) is 29.7 Å². The number of carbonyl (C=O) groups excluding carboxylic acids is 1. The van der Waals surface area contributed by atoms with Crippen molar-refractivity contribution in [3.63, 3.8) is 0 Å². The number of methoxy groups -OCH3 is 2. The summed E-state index contributed by atoms with van der Waals surface area (Å²) in [6.07, 6.45) is 5.61. The number of nitrogens with one attached hydrogen (secondary N) is 1. The van der Waals surface area contributed by atoms with Gasteiger partial charge in [0.05, 0.1) is 11.4 Å². The summed E-state index contributed by atoms with van der Waals surface area (Å²) in [5, 5.41) is 2.85. The maximum atomic E-state index is 12.1. The quantitative estimate of drug-likeness (QED) is 0.666. The molecule has 0 saturated heterocycles. The molecule has 1 aromatic heterocycles. The van der Waals surface area contributed by atoms with E-state index < -0.39 is 0 Å². The number of amides is 1. The number of ether oxygens (including phenoxy) is 2. The number of hydrogen-bond donors (Lipinski definition) is 1. The van der Waals surface area contributed by atoms with Crippen LogP contribution in [-0.4, -0.2) is 33.0 Å². The zero-order chi connectivity index (χ0) is 13.7. The van der Waals surface area contributed by atoms with Crippen LogP contribution in [0.3, 0.4) is 0 Å². The summed E-state index contributed by atoms with van der Waals surface area (Å²) in [6.45, 7) is 0.369. The molecule has 5 heteroatoms. The van der Waals surface area contributed by atoms with Gasteiger partial charge in [0.15, 0.2) is 6.29 Å². The highest BCUT2D eigenvalue weighted by atomic mass is 32.1. The Morgan fingerprint density at radius 3 is 2.79 bits per heavy atom. The van der Waals surface area contributed by atoms with Crippen LogP contribution in [0.2, 0.25) is 0 Å². The first-order chi connectivity index (χ1) is 9.24. The molecule has 19 heavy (non-hydrogen) atoms. The number of rotatable bonds is 5. The predicted octanol–water partition coefficient (Wildman–Crippen LogP) is 2.37. The van der Waals surface area contributed by atoms with Crippen molar-refractivity contribution in [3.8, 4) is 0 Å². The van der Waals surface area contributed by atoms with E-state index in [0.29, 0.717) is 6.54 Å². The largest absolute Gasteiger partial charge is 0.354 e. The number of carbonyl (C=O) groups is 1. The molecule has 0 bridgehead atoms. The van der Waals surface area contributed by atoms with E-state index in [9.17, 15) is 4.79 Å². The molecule has 0 fully saturated rings. The number of aryl methyl sites for hydroxylation is 2. The van der Waals surface area contributed by atoms with E-state index in [1.807, 2.05) is 0 Å². The van der Waals surface area contributed by atoms with Crippen molar-refractivity contribution >= 4 is 17.2 Å². The molecule has 106 valence electrons. The van der Waals surface area contributed by atoms with E-state index in [2.05, 4.69) is 11.4 Å². The Labute approximate surface area is 118 Å². The van der Waals surface area contributed by atoms with Crippen molar-refractivity contribution in [2.45, 2.75) is 38.4 Å². The summed E-state index contributed by atoms with van der Waals surface area (Å²) >= 11 is 1.63.